The number of nitrogens with zero attached hydrogens (tertiary/aromatic N) is 1. The van der Waals surface area contributed by atoms with Crippen LogP contribution >= 0.6 is 0 Å². The van der Waals surface area contributed by atoms with Crippen molar-refractivity contribution in [2.75, 3.05) is 13.1 Å². The van der Waals surface area contributed by atoms with Crippen LogP contribution in [0, 0.1) is 6.42 Å². The molecule has 2 rings (SSSR count). The Hall–Kier alpha value is -2.02. The van der Waals surface area contributed by atoms with Crippen molar-refractivity contribution in [3.63, 3.8) is 0 Å². The Morgan fingerprint density at radius 2 is 1.68 bits per heavy atom. The molecule has 2 amide bonds. The van der Waals surface area contributed by atoms with Gasteiger partial charge in [0.25, 0.3) is 5.91 Å². The van der Waals surface area contributed by atoms with Crippen molar-refractivity contribution in [1.82, 2.24) is 10.2 Å². The summed E-state index contributed by atoms with van der Waals surface area (Å²) in [6, 6.07) is 7.09. The molecule has 0 bridgehead atoms. The standard InChI is InChI=1S/C24H39N2O4Si/c1-23(2,3)29-22(28)26-16-10-9-11-19(17-26)25-21(27)18-12-14-20(15-13-18)30-31(7,8)24(4,5)6/h11-15,19H,9-10,16-17H2,1-8H3,(H,25,27)/t19-/m1/s1. The van der Waals surface area contributed by atoms with Crippen molar-refractivity contribution < 1.29 is 18.8 Å². The molecule has 1 aliphatic heterocycles. The molecule has 1 atom stereocenters. The maximum atomic E-state index is 12.8. The Kier molecular flexibility index (Phi) is 7.84. The normalized spacial score (nSPS) is 18.2. The molecule has 31 heavy (non-hydrogen) atoms. The fraction of sp³-hybridized carbons (Fsp3) is 0.625. The van der Waals surface area contributed by atoms with Crippen LogP contribution in [0.15, 0.2) is 24.3 Å². The lowest BCUT2D eigenvalue weighted by Crippen LogP contribution is -2.46. The molecule has 173 valence electrons. The molecule has 0 spiro atoms. The molecular weight excluding hydrogens is 408 g/mol. The van der Waals surface area contributed by atoms with E-state index >= 15 is 0 Å². The molecule has 1 heterocycles. The molecule has 1 aliphatic rings. The zero-order valence-electron chi connectivity index (χ0n) is 20.4. The summed E-state index contributed by atoms with van der Waals surface area (Å²) >= 11 is 0. The number of carbonyl (C=O) groups excluding carboxylic acids is 2. The van der Waals surface area contributed by atoms with Gasteiger partial charge in [-0.2, -0.15) is 0 Å². The molecule has 0 unspecified atom stereocenters. The van der Waals surface area contributed by atoms with Crippen molar-refractivity contribution in [2.24, 2.45) is 0 Å². The van der Waals surface area contributed by atoms with E-state index in [1.54, 1.807) is 17.0 Å². The number of likely N-dealkylation sites (tertiary alicyclic amines) is 1. The maximum Gasteiger partial charge on any atom is 0.410 e. The summed E-state index contributed by atoms with van der Waals surface area (Å²) < 4.78 is 11.8. The highest BCUT2D eigenvalue weighted by molar-refractivity contribution is 6.74. The summed E-state index contributed by atoms with van der Waals surface area (Å²) in [6.45, 7) is 17.6. The van der Waals surface area contributed by atoms with Gasteiger partial charge in [0.2, 0.25) is 8.32 Å². The minimum absolute atomic E-state index is 0.110. The Morgan fingerprint density at radius 3 is 2.23 bits per heavy atom. The molecule has 1 aromatic carbocycles. The molecule has 0 saturated carbocycles. The van der Waals surface area contributed by atoms with Gasteiger partial charge in [-0.25, -0.2) is 4.79 Å². The van der Waals surface area contributed by atoms with E-state index in [4.69, 9.17) is 9.16 Å². The first kappa shape index (κ1) is 25.2. The van der Waals surface area contributed by atoms with Crippen molar-refractivity contribution in [1.29, 1.82) is 0 Å². The number of rotatable bonds is 4. The minimum atomic E-state index is -1.92. The zero-order chi connectivity index (χ0) is 23.4. The van der Waals surface area contributed by atoms with Crippen LogP contribution in [0.25, 0.3) is 0 Å². The fourth-order valence-corrected chi connectivity index (χ4v) is 4.01. The van der Waals surface area contributed by atoms with Gasteiger partial charge in [0, 0.05) is 18.7 Å². The smallest absolute Gasteiger partial charge is 0.410 e. The number of ether oxygens (including phenoxy) is 1. The lowest BCUT2D eigenvalue weighted by molar-refractivity contribution is 0.0245. The van der Waals surface area contributed by atoms with Gasteiger partial charge in [-0.05, 0) is 82.4 Å². The third-order valence-electron chi connectivity index (χ3n) is 5.76. The van der Waals surface area contributed by atoms with E-state index in [1.807, 2.05) is 32.9 Å². The minimum Gasteiger partial charge on any atom is -0.544 e. The zero-order valence-corrected chi connectivity index (χ0v) is 21.4. The van der Waals surface area contributed by atoms with Gasteiger partial charge in [-0.1, -0.05) is 20.8 Å². The average molecular weight is 448 g/mol. The predicted molar refractivity (Wildman–Crippen MR) is 127 cm³/mol. The van der Waals surface area contributed by atoms with Gasteiger partial charge >= 0.3 is 6.09 Å². The summed E-state index contributed by atoms with van der Waals surface area (Å²) in [5.74, 6) is 0.631. The van der Waals surface area contributed by atoms with Crippen molar-refractivity contribution in [2.45, 2.75) is 84.2 Å². The predicted octanol–water partition coefficient (Wildman–Crippen LogP) is 5.40. The summed E-state index contributed by atoms with van der Waals surface area (Å²) in [7, 11) is -1.92. The second kappa shape index (κ2) is 9.63. The van der Waals surface area contributed by atoms with Gasteiger partial charge < -0.3 is 19.4 Å². The maximum absolute atomic E-state index is 12.8. The first-order valence-electron chi connectivity index (χ1n) is 11.1. The lowest BCUT2D eigenvalue weighted by Gasteiger charge is -2.36. The van der Waals surface area contributed by atoms with E-state index < -0.39 is 13.9 Å². The summed E-state index contributed by atoms with van der Waals surface area (Å²) in [5, 5.41) is 3.15. The number of hydrogen-bond donors (Lipinski definition) is 1. The molecular formula is C24H39N2O4Si. The van der Waals surface area contributed by atoms with Gasteiger partial charge in [0.1, 0.15) is 11.4 Å². The van der Waals surface area contributed by atoms with Gasteiger partial charge in [-0.15, -0.1) is 0 Å². The summed E-state index contributed by atoms with van der Waals surface area (Å²) in [5.41, 5.74) is 0.0316. The van der Waals surface area contributed by atoms with Gasteiger partial charge in [-0.3, -0.25) is 4.79 Å². The number of benzene rings is 1. The van der Waals surface area contributed by atoms with E-state index in [1.165, 1.54) is 0 Å². The van der Waals surface area contributed by atoms with Crippen LogP contribution in [0.4, 0.5) is 4.79 Å². The SMILES string of the molecule is CC(C)(C)OC(=O)N1CCC[CH][C@@H](NC(=O)c2ccc(O[Si](C)(C)C(C)(C)C)cc2)C1. The van der Waals surface area contributed by atoms with Crippen LogP contribution in [0.1, 0.15) is 64.7 Å². The summed E-state index contributed by atoms with van der Waals surface area (Å²) in [6.07, 6.45) is 3.42. The first-order valence-corrected chi connectivity index (χ1v) is 14.0. The van der Waals surface area contributed by atoms with E-state index in [0.29, 0.717) is 18.7 Å². The number of nitrogens with one attached hydrogen (secondary N) is 1. The van der Waals surface area contributed by atoms with E-state index in [2.05, 4.69) is 45.6 Å². The lowest BCUT2D eigenvalue weighted by atomic mass is 10.1. The van der Waals surface area contributed by atoms with Crippen molar-refractivity contribution in [3.8, 4) is 5.75 Å². The van der Waals surface area contributed by atoms with Crippen LogP contribution in [0.3, 0.4) is 0 Å². The van der Waals surface area contributed by atoms with Gasteiger partial charge in [0.05, 0.1) is 6.04 Å². The monoisotopic (exact) mass is 447 g/mol. The molecule has 0 aliphatic carbocycles. The molecule has 6 nitrogen and oxygen atoms in total. The van der Waals surface area contributed by atoms with Crippen LogP contribution < -0.4 is 9.74 Å². The Morgan fingerprint density at radius 1 is 1.06 bits per heavy atom. The second-order valence-electron chi connectivity index (χ2n) is 10.8. The highest BCUT2D eigenvalue weighted by Crippen LogP contribution is 2.37. The van der Waals surface area contributed by atoms with Crippen LogP contribution in [0.5, 0.6) is 5.75 Å². The van der Waals surface area contributed by atoms with Crippen molar-refractivity contribution >= 4 is 20.3 Å². The van der Waals surface area contributed by atoms with E-state index in [0.717, 1.165) is 18.6 Å². The molecule has 0 aromatic heterocycles. The number of carbonyl (C=O) groups is 2. The number of amides is 2. The highest BCUT2D eigenvalue weighted by atomic mass is 28.4. The molecule has 1 N–H and O–H groups in total. The average Bonchev–Trinajstić information content (AvgIpc) is 2.85. The molecule has 7 heteroatoms. The molecule has 1 fully saturated rings. The largest absolute Gasteiger partial charge is 0.544 e. The highest BCUT2D eigenvalue weighted by Gasteiger charge is 2.39. The first-order chi connectivity index (χ1) is 14.2. The van der Waals surface area contributed by atoms with Gasteiger partial charge in [0.15, 0.2) is 0 Å². The Bertz CT molecular complexity index is 763. The Labute approximate surface area is 188 Å². The Balaban J connectivity index is 1.99. The van der Waals surface area contributed by atoms with E-state index in [9.17, 15) is 9.59 Å². The van der Waals surface area contributed by atoms with Crippen molar-refractivity contribution in [3.05, 3.63) is 36.2 Å². The topological polar surface area (TPSA) is 67.9 Å². The third-order valence-corrected chi connectivity index (χ3v) is 10.1. The molecule has 1 saturated heterocycles. The fourth-order valence-electron chi connectivity index (χ4n) is 2.98. The van der Waals surface area contributed by atoms with Crippen LogP contribution in [-0.2, 0) is 4.74 Å². The van der Waals surface area contributed by atoms with Crippen LogP contribution in [-0.4, -0.2) is 50.0 Å². The second-order valence-corrected chi connectivity index (χ2v) is 15.5. The molecule has 1 aromatic rings. The quantitative estimate of drug-likeness (QED) is 0.627. The third kappa shape index (κ3) is 7.56. The number of hydrogen-bond acceptors (Lipinski definition) is 4. The molecule has 1 radical (unpaired) electrons. The van der Waals surface area contributed by atoms with Crippen LogP contribution in [0.2, 0.25) is 18.1 Å². The summed E-state index contributed by atoms with van der Waals surface area (Å²) in [4.78, 5) is 26.9. The van der Waals surface area contributed by atoms with E-state index in [-0.39, 0.29) is 23.1 Å².